The highest BCUT2D eigenvalue weighted by Gasteiger charge is 2.08. The number of benzene rings is 2. The number of hydrogen-bond acceptors (Lipinski definition) is 4. The van der Waals surface area contributed by atoms with Gasteiger partial charge in [-0.1, -0.05) is 35.3 Å². The zero-order valence-corrected chi connectivity index (χ0v) is 18.7. The first-order valence-electron chi connectivity index (χ1n) is 10.0. The van der Waals surface area contributed by atoms with Crippen molar-refractivity contribution in [2.75, 3.05) is 0 Å². The van der Waals surface area contributed by atoms with Crippen LogP contribution in [0.25, 0.3) is 0 Å². The van der Waals surface area contributed by atoms with Crippen molar-refractivity contribution in [3.05, 3.63) is 130 Å². The number of halogens is 2. The van der Waals surface area contributed by atoms with Crippen LogP contribution < -0.4 is 0 Å². The first-order chi connectivity index (χ1) is 15.5. The Morgan fingerprint density at radius 3 is 1.72 bits per heavy atom. The van der Waals surface area contributed by atoms with Gasteiger partial charge in [0.1, 0.15) is 0 Å². The van der Waals surface area contributed by atoms with Gasteiger partial charge in [0.15, 0.2) is 5.78 Å². The van der Waals surface area contributed by atoms with Gasteiger partial charge in [0.05, 0.1) is 6.10 Å². The first kappa shape index (κ1) is 23.6. The Labute approximate surface area is 197 Å². The van der Waals surface area contributed by atoms with Crippen molar-refractivity contribution in [1.29, 1.82) is 0 Å². The van der Waals surface area contributed by atoms with E-state index >= 15 is 0 Å². The van der Waals surface area contributed by atoms with E-state index in [0.29, 0.717) is 28.5 Å². The molecule has 0 aliphatic heterocycles. The summed E-state index contributed by atoms with van der Waals surface area (Å²) in [7, 11) is 0. The number of aliphatic hydroxyl groups is 1. The smallest absolute Gasteiger partial charge is 0.167 e. The van der Waals surface area contributed by atoms with Crippen LogP contribution in [-0.2, 0) is 12.8 Å². The molecule has 0 saturated heterocycles. The Bertz CT molecular complexity index is 1100. The van der Waals surface area contributed by atoms with Crippen LogP contribution in [0.5, 0.6) is 0 Å². The Hall–Kier alpha value is -3.05. The number of ketones is 1. The highest BCUT2D eigenvalue weighted by atomic mass is 35.5. The van der Waals surface area contributed by atoms with Crippen molar-refractivity contribution in [2.24, 2.45) is 0 Å². The molecular formula is C26H22Cl2N2O2. The van der Waals surface area contributed by atoms with Crippen LogP contribution in [0.1, 0.15) is 33.2 Å². The van der Waals surface area contributed by atoms with Gasteiger partial charge in [0.2, 0.25) is 0 Å². The van der Waals surface area contributed by atoms with E-state index < -0.39 is 6.10 Å². The molecule has 162 valence electrons. The second-order valence-electron chi connectivity index (χ2n) is 7.09. The molecule has 0 amide bonds. The molecule has 2 aromatic heterocycles. The zero-order chi connectivity index (χ0) is 22.8. The topological polar surface area (TPSA) is 63.1 Å². The Kier molecular flexibility index (Phi) is 8.93. The summed E-state index contributed by atoms with van der Waals surface area (Å²) in [6, 6.07) is 21.7. The minimum atomic E-state index is -0.500. The Morgan fingerprint density at radius 1 is 0.719 bits per heavy atom. The third kappa shape index (κ3) is 7.57. The molecule has 1 atom stereocenters. The Morgan fingerprint density at radius 2 is 1.19 bits per heavy atom. The quantitative estimate of drug-likeness (QED) is 0.346. The lowest BCUT2D eigenvalue weighted by Crippen LogP contribution is -2.03. The highest BCUT2D eigenvalue weighted by molar-refractivity contribution is 6.30. The van der Waals surface area contributed by atoms with Gasteiger partial charge in [0, 0.05) is 53.2 Å². The maximum absolute atomic E-state index is 11.9. The number of Topliss-reactive ketones (excluding diaryl/α,β-unsaturated/α-hetero) is 1. The van der Waals surface area contributed by atoms with E-state index in [1.807, 2.05) is 36.4 Å². The van der Waals surface area contributed by atoms with E-state index in [1.165, 1.54) is 0 Å². The molecule has 2 aromatic carbocycles. The minimum Gasteiger partial charge on any atom is -0.388 e. The maximum Gasteiger partial charge on any atom is 0.167 e. The average molecular weight is 465 g/mol. The SMILES string of the molecule is O=C(Cc1ccncc1)c1ccc(Cl)cc1.OC(Cc1ccncc1)c1ccc(Cl)cc1. The van der Waals surface area contributed by atoms with Crippen LogP contribution in [0, 0.1) is 0 Å². The predicted molar refractivity (Wildman–Crippen MR) is 128 cm³/mol. The van der Waals surface area contributed by atoms with E-state index in [9.17, 15) is 9.90 Å². The third-order valence-electron chi connectivity index (χ3n) is 4.71. The molecule has 0 radical (unpaired) electrons. The van der Waals surface area contributed by atoms with Gasteiger partial charge in [-0.2, -0.15) is 0 Å². The molecule has 0 spiro atoms. The van der Waals surface area contributed by atoms with Crippen LogP contribution in [0.3, 0.4) is 0 Å². The molecule has 0 saturated carbocycles. The van der Waals surface area contributed by atoms with Gasteiger partial charge in [-0.15, -0.1) is 0 Å². The summed E-state index contributed by atoms with van der Waals surface area (Å²) in [4.78, 5) is 19.7. The molecule has 32 heavy (non-hydrogen) atoms. The lowest BCUT2D eigenvalue weighted by atomic mass is 10.0. The molecule has 4 nitrogen and oxygen atoms in total. The summed E-state index contributed by atoms with van der Waals surface area (Å²) < 4.78 is 0. The van der Waals surface area contributed by atoms with E-state index in [-0.39, 0.29) is 5.78 Å². The lowest BCUT2D eigenvalue weighted by molar-refractivity contribution is 0.0993. The van der Waals surface area contributed by atoms with Crippen molar-refractivity contribution in [2.45, 2.75) is 18.9 Å². The van der Waals surface area contributed by atoms with E-state index in [2.05, 4.69) is 9.97 Å². The normalized spacial score (nSPS) is 11.2. The molecule has 2 heterocycles. The van der Waals surface area contributed by atoms with Crippen LogP contribution in [0.15, 0.2) is 97.6 Å². The van der Waals surface area contributed by atoms with Crippen LogP contribution in [0.4, 0.5) is 0 Å². The molecule has 6 heteroatoms. The molecule has 0 bridgehead atoms. The van der Waals surface area contributed by atoms with Crippen molar-refractivity contribution < 1.29 is 9.90 Å². The second-order valence-corrected chi connectivity index (χ2v) is 7.96. The van der Waals surface area contributed by atoms with Crippen molar-refractivity contribution in [3.63, 3.8) is 0 Å². The number of pyridine rings is 2. The average Bonchev–Trinajstić information content (AvgIpc) is 2.82. The van der Waals surface area contributed by atoms with E-state index in [4.69, 9.17) is 23.2 Å². The van der Waals surface area contributed by atoms with Gasteiger partial charge in [-0.25, -0.2) is 0 Å². The summed E-state index contributed by atoms with van der Waals surface area (Å²) in [5.41, 5.74) is 3.59. The number of carbonyl (C=O) groups excluding carboxylic acids is 1. The molecule has 4 aromatic rings. The standard InChI is InChI=1S/C13H12ClNO.C13H10ClNO/c2*14-12-3-1-11(2-4-12)13(16)9-10-5-7-15-8-6-10/h1-8,13,16H,9H2;1-8H,9H2. The van der Waals surface area contributed by atoms with Crippen molar-refractivity contribution >= 4 is 29.0 Å². The lowest BCUT2D eigenvalue weighted by Gasteiger charge is -2.10. The monoisotopic (exact) mass is 464 g/mol. The molecular weight excluding hydrogens is 443 g/mol. The maximum atomic E-state index is 11.9. The van der Waals surface area contributed by atoms with Crippen LogP contribution >= 0.6 is 23.2 Å². The van der Waals surface area contributed by atoms with Crippen LogP contribution in [0.2, 0.25) is 10.0 Å². The number of aliphatic hydroxyl groups excluding tert-OH is 1. The van der Waals surface area contributed by atoms with E-state index in [0.717, 1.165) is 16.7 Å². The van der Waals surface area contributed by atoms with Crippen molar-refractivity contribution in [1.82, 2.24) is 9.97 Å². The molecule has 0 fully saturated rings. The number of nitrogens with zero attached hydrogens (tertiary/aromatic N) is 2. The molecule has 0 aliphatic carbocycles. The van der Waals surface area contributed by atoms with E-state index in [1.54, 1.807) is 61.2 Å². The molecule has 1 unspecified atom stereocenters. The largest absolute Gasteiger partial charge is 0.388 e. The summed E-state index contributed by atoms with van der Waals surface area (Å²) in [5.74, 6) is 0.0860. The molecule has 4 rings (SSSR count). The predicted octanol–water partition coefficient (Wildman–Crippen LogP) is 6.17. The minimum absolute atomic E-state index is 0.0860. The number of aromatic nitrogens is 2. The van der Waals surface area contributed by atoms with Gasteiger partial charge in [-0.05, 0) is 77.4 Å². The number of hydrogen-bond donors (Lipinski definition) is 1. The van der Waals surface area contributed by atoms with Crippen LogP contribution in [-0.4, -0.2) is 20.9 Å². The fourth-order valence-electron chi connectivity index (χ4n) is 2.97. The molecule has 0 aliphatic rings. The second kappa shape index (κ2) is 12.1. The van der Waals surface area contributed by atoms with Crippen molar-refractivity contribution in [3.8, 4) is 0 Å². The summed E-state index contributed by atoms with van der Waals surface area (Å²) in [6.45, 7) is 0. The third-order valence-corrected chi connectivity index (χ3v) is 5.22. The zero-order valence-electron chi connectivity index (χ0n) is 17.2. The highest BCUT2D eigenvalue weighted by Crippen LogP contribution is 2.20. The fourth-order valence-corrected chi connectivity index (χ4v) is 3.22. The number of rotatable bonds is 6. The molecule has 1 N–H and O–H groups in total. The first-order valence-corrected chi connectivity index (χ1v) is 10.8. The fraction of sp³-hybridized carbons (Fsp3) is 0.115. The summed E-state index contributed by atoms with van der Waals surface area (Å²) in [6.07, 6.45) is 7.30. The van der Waals surface area contributed by atoms with Gasteiger partial charge in [-0.3, -0.25) is 14.8 Å². The van der Waals surface area contributed by atoms with Gasteiger partial charge < -0.3 is 5.11 Å². The van der Waals surface area contributed by atoms with Gasteiger partial charge >= 0.3 is 0 Å². The van der Waals surface area contributed by atoms with Gasteiger partial charge in [0.25, 0.3) is 0 Å². The summed E-state index contributed by atoms with van der Waals surface area (Å²) in [5, 5.41) is 11.3. The summed E-state index contributed by atoms with van der Waals surface area (Å²) >= 11 is 11.5. The number of carbonyl (C=O) groups is 1. The Balaban J connectivity index is 0.000000181.